The first kappa shape index (κ1) is 8.79. The molecule has 1 nitrogen and oxygen atoms in total. The molecule has 1 heteroatoms. The average Bonchev–Trinajstić information content (AvgIpc) is 1.81. The molecule has 0 aromatic carbocycles. The van der Waals surface area contributed by atoms with Crippen LogP contribution in [0.15, 0.2) is 11.1 Å². The molecule has 11 heavy (non-hydrogen) atoms. The summed E-state index contributed by atoms with van der Waals surface area (Å²) in [5.74, 6) is 0. The number of allylic oxidation sites excluding steroid dienone is 1. The fraction of sp³-hybridized carbons (Fsp3) is 0.800. The second kappa shape index (κ2) is 2.63. The Balaban J connectivity index is 2.93. The topological polar surface area (TPSA) is 20.2 Å². The predicted octanol–water partition coefficient (Wildman–Crippen LogP) is 2.50. The molecule has 0 spiro atoms. The molecule has 0 bridgehead atoms. The summed E-state index contributed by atoms with van der Waals surface area (Å²) in [7, 11) is 0. The Labute approximate surface area is 69.1 Å². The van der Waals surface area contributed by atoms with Crippen LogP contribution in [-0.2, 0) is 0 Å². The van der Waals surface area contributed by atoms with E-state index in [1.54, 1.807) is 0 Å². The van der Waals surface area contributed by atoms with Gasteiger partial charge in [-0.3, -0.25) is 0 Å². The van der Waals surface area contributed by atoms with Crippen molar-refractivity contribution < 1.29 is 5.11 Å². The summed E-state index contributed by atoms with van der Waals surface area (Å²) in [6.45, 7) is 8.71. The summed E-state index contributed by atoms with van der Waals surface area (Å²) in [5, 5.41) is 9.50. The van der Waals surface area contributed by atoms with Gasteiger partial charge in [-0.05, 0) is 32.1 Å². The van der Waals surface area contributed by atoms with Gasteiger partial charge in [0.05, 0.1) is 6.10 Å². The molecule has 0 fully saturated rings. The average molecular weight is 154 g/mol. The molecule has 0 heterocycles. The Bertz CT molecular complexity index is 189. The van der Waals surface area contributed by atoms with Crippen molar-refractivity contribution in [1.82, 2.24) is 0 Å². The maximum absolute atomic E-state index is 9.50. The van der Waals surface area contributed by atoms with Crippen LogP contribution in [0.25, 0.3) is 0 Å². The normalized spacial score (nSPS) is 30.8. The molecule has 1 aliphatic carbocycles. The molecule has 0 radical (unpaired) electrons. The Morgan fingerprint density at radius 2 is 1.91 bits per heavy atom. The molecule has 1 rings (SSSR count). The first-order chi connectivity index (χ1) is 4.93. The molecule has 1 aliphatic rings. The van der Waals surface area contributed by atoms with Gasteiger partial charge in [0.25, 0.3) is 0 Å². The largest absolute Gasteiger partial charge is 0.393 e. The van der Waals surface area contributed by atoms with Crippen molar-refractivity contribution in [3.63, 3.8) is 0 Å². The van der Waals surface area contributed by atoms with Gasteiger partial charge in [-0.25, -0.2) is 0 Å². The van der Waals surface area contributed by atoms with Crippen molar-refractivity contribution in [1.29, 1.82) is 0 Å². The van der Waals surface area contributed by atoms with Gasteiger partial charge >= 0.3 is 0 Å². The third-order valence-corrected chi connectivity index (χ3v) is 2.94. The standard InChI is InChI=1S/C10H18O/c1-7-5-9(11)6-10(3,4)8(7)2/h9,11H,5-6H2,1-4H3. The van der Waals surface area contributed by atoms with Crippen LogP contribution in [0.2, 0.25) is 0 Å². The molecule has 0 saturated carbocycles. The highest BCUT2D eigenvalue weighted by molar-refractivity contribution is 5.21. The molecule has 1 unspecified atom stereocenters. The molecule has 64 valence electrons. The summed E-state index contributed by atoms with van der Waals surface area (Å²) in [6.07, 6.45) is 1.67. The zero-order valence-corrected chi connectivity index (χ0v) is 7.94. The van der Waals surface area contributed by atoms with Gasteiger partial charge in [0, 0.05) is 0 Å². The smallest absolute Gasteiger partial charge is 0.0585 e. The van der Waals surface area contributed by atoms with Gasteiger partial charge in [-0.15, -0.1) is 0 Å². The maximum atomic E-state index is 9.50. The van der Waals surface area contributed by atoms with Crippen LogP contribution in [0.4, 0.5) is 0 Å². The van der Waals surface area contributed by atoms with Crippen molar-refractivity contribution in [3.8, 4) is 0 Å². The number of hydrogen-bond donors (Lipinski definition) is 1. The Kier molecular flexibility index (Phi) is 2.10. The predicted molar refractivity (Wildman–Crippen MR) is 47.4 cm³/mol. The summed E-state index contributed by atoms with van der Waals surface area (Å²) in [5.41, 5.74) is 3.04. The Hall–Kier alpha value is -0.300. The molecule has 0 aromatic heterocycles. The van der Waals surface area contributed by atoms with E-state index in [0.29, 0.717) is 0 Å². The van der Waals surface area contributed by atoms with E-state index >= 15 is 0 Å². The molecular formula is C10H18O. The van der Waals surface area contributed by atoms with Gasteiger partial charge in [0.15, 0.2) is 0 Å². The molecule has 1 atom stereocenters. The maximum Gasteiger partial charge on any atom is 0.0585 e. The van der Waals surface area contributed by atoms with E-state index in [1.807, 2.05) is 0 Å². The minimum absolute atomic E-state index is 0.117. The first-order valence-electron chi connectivity index (χ1n) is 4.28. The van der Waals surface area contributed by atoms with Crippen molar-refractivity contribution in [2.24, 2.45) is 5.41 Å². The molecule has 0 saturated heterocycles. The van der Waals surface area contributed by atoms with Crippen LogP contribution in [0.3, 0.4) is 0 Å². The highest BCUT2D eigenvalue weighted by Crippen LogP contribution is 2.39. The van der Waals surface area contributed by atoms with E-state index in [4.69, 9.17) is 0 Å². The Morgan fingerprint density at radius 3 is 2.36 bits per heavy atom. The number of aliphatic hydroxyl groups is 1. The summed E-state index contributed by atoms with van der Waals surface area (Å²) in [4.78, 5) is 0. The van der Waals surface area contributed by atoms with Crippen LogP contribution in [0, 0.1) is 5.41 Å². The second-order valence-electron chi connectivity index (χ2n) is 4.35. The van der Waals surface area contributed by atoms with E-state index in [1.165, 1.54) is 11.1 Å². The van der Waals surface area contributed by atoms with Crippen LogP contribution in [-0.4, -0.2) is 11.2 Å². The van der Waals surface area contributed by atoms with E-state index in [2.05, 4.69) is 27.7 Å². The summed E-state index contributed by atoms with van der Waals surface area (Å²) >= 11 is 0. The van der Waals surface area contributed by atoms with E-state index < -0.39 is 0 Å². The quantitative estimate of drug-likeness (QED) is 0.531. The lowest BCUT2D eigenvalue weighted by Gasteiger charge is -2.35. The van der Waals surface area contributed by atoms with Crippen LogP contribution < -0.4 is 0 Å². The van der Waals surface area contributed by atoms with E-state index in [9.17, 15) is 5.11 Å². The second-order valence-corrected chi connectivity index (χ2v) is 4.35. The van der Waals surface area contributed by atoms with Crippen LogP contribution in [0.1, 0.15) is 40.5 Å². The fourth-order valence-electron chi connectivity index (χ4n) is 1.90. The van der Waals surface area contributed by atoms with Crippen LogP contribution in [0.5, 0.6) is 0 Å². The van der Waals surface area contributed by atoms with Gasteiger partial charge < -0.3 is 5.11 Å². The summed E-state index contributed by atoms with van der Waals surface area (Å²) < 4.78 is 0. The lowest BCUT2D eigenvalue weighted by Crippen LogP contribution is -2.27. The van der Waals surface area contributed by atoms with E-state index in [0.717, 1.165) is 12.8 Å². The number of hydrogen-bond acceptors (Lipinski definition) is 1. The highest BCUT2D eigenvalue weighted by atomic mass is 16.3. The summed E-state index contributed by atoms with van der Waals surface area (Å²) in [6, 6.07) is 0. The molecular weight excluding hydrogens is 136 g/mol. The minimum Gasteiger partial charge on any atom is -0.393 e. The Morgan fingerprint density at radius 1 is 1.36 bits per heavy atom. The van der Waals surface area contributed by atoms with Crippen molar-refractivity contribution in [2.75, 3.05) is 0 Å². The third kappa shape index (κ3) is 1.64. The SMILES string of the molecule is CC1=C(C)C(C)(C)CC(O)C1. The van der Waals surface area contributed by atoms with Gasteiger partial charge in [0.1, 0.15) is 0 Å². The number of rotatable bonds is 0. The lowest BCUT2D eigenvalue weighted by molar-refractivity contribution is 0.115. The third-order valence-electron chi connectivity index (χ3n) is 2.94. The molecule has 0 aromatic rings. The fourth-order valence-corrected chi connectivity index (χ4v) is 1.90. The first-order valence-corrected chi connectivity index (χ1v) is 4.28. The van der Waals surface area contributed by atoms with Crippen molar-refractivity contribution >= 4 is 0 Å². The zero-order chi connectivity index (χ0) is 8.65. The van der Waals surface area contributed by atoms with Gasteiger partial charge in [-0.1, -0.05) is 25.0 Å². The van der Waals surface area contributed by atoms with E-state index in [-0.39, 0.29) is 11.5 Å². The van der Waals surface area contributed by atoms with Gasteiger partial charge in [0.2, 0.25) is 0 Å². The van der Waals surface area contributed by atoms with Gasteiger partial charge in [-0.2, -0.15) is 0 Å². The van der Waals surface area contributed by atoms with Crippen molar-refractivity contribution in [3.05, 3.63) is 11.1 Å². The number of aliphatic hydroxyl groups excluding tert-OH is 1. The lowest BCUT2D eigenvalue weighted by atomic mass is 9.72. The molecule has 0 amide bonds. The monoisotopic (exact) mass is 154 g/mol. The van der Waals surface area contributed by atoms with Crippen molar-refractivity contribution in [2.45, 2.75) is 46.6 Å². The molecule has 0 aliphatic heterocycles. The zero-order valence-electron chi connectivity index (χ0n) is 7.94. The minimum atomic E-state index is -0.117. The molecule has 1 N–H and O–H groups in total. The van der Waals surface area contributed by atoms with Crippen LogP contribution >= 0.6 is 0 Å². The highest BCUT2D eigenvalue weighted by Gasteiger charge is 2.29.